The summed E-state index contributed by atoms with van der Waals surface area (Å²) in [7, 11) is 0. The van der Waals surface area contributed by atoms with E-state index in [2.05, 4.69) is 0 Å². The van der Waals surface area contributed by atoms with Gasteiger partial charge in [0.1, 0.15) is 5.76 Å². The normalized spacial score (nSPS) is 21.2. The number of hydrogen-bond donors (Lipinski definition) is 1. The first-order valence-electron chi connectivity index (χ1n) is 5.33. The van der Waals surface area contributed by atoms with Gasteiger partial charge in [0.15, 0.2) is 0 Å². The molecule has 0 bridgehead atoms. The zero-order valence-corrected chi connectivity index (χ0v) is 8.89. The largest absolute Gasteiger partial charge is 0.481 e. The Bertz CT molecular complexity index is 372. The fourth-order valence-corrected chi connectivity index (χ4v) is 1.86. The zero-order chi connectivity index (χ0) is 11.4. The summed E-state index contributed by atoms with van der Waals surface area (Å²) < 4.78 is 10.7. The summed E-state index contributed by atoms with van der Waals surface area (Å²) in [5, 5.41) is 8.85. The second kappa shape index (κ2) is 4.99. The van der Waals surface area contributed by atoms with Crippen molar-refractivity contribution in [2.45, 2.75) is 25.4 Å². The van der Waals surface area contributed by atoms with E-state index in [0.717, 1.165) is 18.4 Å². The van der Waals surface area contributed by atoms with E-state index in [9.17, 15) is 4.79 Å². The highest BCUT2D eigenvalue weighted by Crippen LogP contribution is 2.24. The molecule has 16 heavy (non-hydrogen) atoms. The molecule has 2 rings (SSSR count). The van der Waals surface area contributed by atoms with Crippen LogP contribution in [0.4, 0.5) is 0 Å². The Hall–Kier alpha value is -1.55. The maximum atomic E-state index is 10.8. The molecule has 0 amide bonds. The Kier molecular flexibility index (Phi) is 3.41. The lowest BCUT2D eigenvalue weighted by Crippen LogP contribution is -2.12. The van der Waals surface area contributed by atoms with Gasteiger partial charge in [0.2, 0.25) is 0 Å². The maximum Gasteiger partial charge on any atom is 0.307 e. The zero-order valence-electron chi connectivity index (χ0n) is 8.89. The van der Waals surface area contributed by atoms with Gasteiger partial charge in [-0.15, -0.1) is 0 Å². The predicted molar refractivity (Wildman–Crippen MR) is 57.9 cm³/mol. The summed E-state index contributed by atoms with van der Waals surface area (Å²) in [4.78, 5) is 10.8. The van der Waals surface area contributed by atoms with Gasteiger partial charge >= 0.3 is 5.97 Å². The molecular formula is C12H14O4. The third-order valence-corrected chi connectivity index (χ3v) is 2.57. The van der Waals surface area contributed by atoms with Gasteiger partial charge in [-0.1, -0.05) is 0 Å². The van der Waals surface area contributed by atoms with Crippen molar-refractivity contribution in [1.82, 2.24) is 0 Å². The molecule has 0 aliphatic carbocycles. The Morgan fingerprint density at radius 2 is 2.50 bits per heavy atom. The summed E-state index contributed by atoms with van der Waals surface area (Å²) in [5.74, 6) is -0.167. The molecule has 2 heterocycles. The topological polar surface area (TPSA) is 59.7 Å². The first-order chi connectivity index (χ1) is 7.75. The average molecular weight is 222 g/mol. The van der Waals surface area contributed by atoms with Gasteiger partial charge < -0.3 is 14.3 Å². The van der Waals surface area contributed by atoms with Gasteiger partial charge in [-0.05, 0) is 36.6 Å². The van der Waals surface area contributed by atoms with E-state index >= 15 is 0 Å². The van der Waals surface area contributed by atoms with E-state index in [4.69, 9.17) is 14.3 Å². The van der Waals surface area contributed by atoms with Crippen molar-refractivity contribution in [3.63, 3.8) is 0 Å². The molecule has 1 atom stereocenters. The minimum Gasteiger partial charge on any atom is -0.481 e. The van der Waals surface area contributed by atoms with Crippen molar-refractivity contribution in [1.29, 1.82) is 0 Å². The number of ether oxygens (including phenoxy) is 1. The van der Waals surface area contributed by atoms with Crippen molar-refractivity contribution in [2.24, 2.45) is 0 Å². The number of hydrogen-bond acceptors (Lipinski definition) is 3. The molecule has 1 aromatic heterocycles. The molecule has 1 fully saturated rings. The molecule has 1 aliphatic heterocycles. The summed E-state index contributed by atoms with van der Waals surface area (Å²) in [6.45, 7) is 0.708. The monoisotopic (exact) mass is 222 g/mol. The van der Waals surface area contributed by atoms with Crippen LogP contribution in [0.2, 0.25) is 0 Å². The first kappa shape index (κ1) is 11.0. The molecule has 0 radical (unpaired) electrons. The van der Waals surface area contributed by atoms with Gasteiger partial charge in [-0.2, -0.15) is 0 Å². The standard InChI is InChI=1S/C12H14O4/c13-12(14)8-9(11-4-2-6-16-11)7-10-3-1-5-15-10/h1,3,5,7,11H,2,4,6,8H2,(H,13,14). The van der Waals surface area contributed by atoms with Crippen LogP contribution in [0.25, 0.3) is 6.08 Å². The van der Waals surface area contributed by atoms with Crippen LogP contribution >= 0.6 is 0 Å². The fraction of sp³-hybridized carbons (Fsp3) is 0.417. The Morgan fingerprint density at radius 3 is 3.06 bits per heavy atom. The highest BCUT2D eigenvalue weighted by Gasteiger charge is 2.22. The van der Waals surface area contributed by atoms with Crippen LogP contribution in [-0.4, -0.2) is 23.8 Å². The number of furan rings is 1. The lowest BCUT2D eigenvalue weighted by atomic mass is 10.0. The van der Waals surface area contributed by atoms with Crippen LogP contribution in [0.3, 0.4) is 0 Å². The van der Waals surface area contributed by atoms with Crippen molar-refractivity contribution in [3.05, 3.63) is 29.7 Å². The Morgan fingerprint density at radius 1 is 1.62 bits per heavy atom. The third kappa shape index (κ3) is 2.73. The molecule has 4 heteroatoms. The van der Waals surface area contributed by atoms with Gasteiger partial charge in [-0.3, -0.25) is 4.79 Å². The molecule has 1 aromatic rings. The summed E-state index contributed by atoms with van der Waals surface area (Å²) in [6, 6.07) is 3.58. The van der Waals surface area contributed by atoms with E-state index in [0.29, 0.717) is 12.4 Å². The molecule has 4 nitrogen and oxygen atoms in total. The summed E-state index contributed by atoms with van der Waals surface area (Å²) in [6.07, 6.45) is 5.15. The minimum absolute atomic E-state index is 0.00532. The first-order valence-corrected chi connectivity index (χ1v) is 5.33. The van der Waals surface area contributed by atoms with E-state index in [-0.39, 0.29) is 12.5 Å². The van der Waals surface area contributed by atoms with Gasteiger partial charge in [0.05, 0.1) is 18.8 Å². The number of rotatable bonds is 4. The summed E-state index contributed by atoms with van der Waals surface area (Å²) >= 11 is 0. The smallest absolute Gasteiger partial charge is 0.307 e. The van der Waals surface area contributed by atoms with Crippen LogP contribution < -0.4 is 0 Å². The summed E-state index contributed by atoms with van der Waals surface area (Å²) in [5.41, 5.74) is 0.778. The molecule has 0 aromatic carbocycles. The van der Waals surface area contributed by atoms with Gasteiger partial charge in [0.25, 0.3) is 0 Å². The predicted octanol–water partition coefficient (Wildman–Crippen LogP) is 2.32. The highest BCUT2D eigenvalue weighted by atomic mass is 16.5. The lowest BCUT2D eigenvalue weighted by molar-refractivity contribution is -0.136. The van der Waals surface area contributed by atoms with Crippen molar-refractivity contribution < 1.29 is 19.1 Å². The molecule has 1 aliphatic rings. The molecule has 1 N–H and O–H groups in total. The van der Waals surface area contributed by atoms with E-state index in [1.54, 1.807) is 24.5 Å². The molecule has 1 saturated heterocycles. The van der Waals surface area contributed by atoms with Crippen molar-refractivity contribution in [3.8, 4) is 0 Å². The highest BCUT2D eigenvalue weighted by molar-refractivity contribution is 5.72. The second-order valence-electron chi connectivity index (χ2n) is 3.81. The van der Waals surface area contributed by atoms with Gasteiger partial charge in [0, 0.05) is 6.61 Å². The van der Waals surface area contributed by atoms with Crippen LogP contribution in [0.1, 0.15) is 25.0 Å². The van der Waals surface area contributed by atoms with Crippen LogP contribution in [0.15, 0.2) is 28.4 Å². The number of carbonyl (C=O) groups is 1. The Balaban J connectivity index is 2.16. The quantitative estimate of drug-likeness (QED) is 0.849. The van der Waals surface area contributed by atoms with Crippen molar-refractivity contribution in [2.75, 3.05) is 6.61 Å². The van der Waals surface area contributed by atoms with E-state index in [1.807, 2.05) is 0 Å². The van der Waals surface area contributed by atoms with Crippen LogP contribution in [0, 0.1) is 0 Å². The average Bonchev–Trinajstić information content (AvgIpc) is 2.88. The molecule has 1 unspecified atom stereocenters. The maximum absolute atomic E-state index is 10.8. The minimum atomic E-state index is -0.840. The second-order valence-corrected chi connectivity index (χ2v) is 3.81. The fourth-order valence-electron chi connectivity index (χ4n) is 1.86. The number of carboxylic acid groups (broad SMARTS) is 1. The Labute approximate surface area is 93.5 Å². The SMILES string of the molecule is O=C(O)CC(=Cc1ccco1)C1CCCO1. The van der Waals surface area contributed by atoms with E-state index in [1.165, 1.54) is 0 Å². The van der Waals surface area contributed by atoms with Crippen molar-refractivity contribution >= 4 is 12.0 Å². The van der Waals surface area contributed by atoms with Crippen LogP contribution in [-0.2, 0) is 9.53 Å². The third-order valence-electron chi connectivity index (χ3n) is 2.57. The van der Waals surface area contributed by atoms with Gasteiger partial charge in [-0.25, -0.2) is 0 Å². The van der Waals surface area contributed by atoms with Crippen LogP contribution in [0.5, 0.6) is 0 Å². The number of carboxylic acids is 1. The lowest BCUT2D eigenvalue weighted by Gasteiger charge is -2.12. The number of aliphatic carboxylic acids is 1. The van der Waals surface area contributed by atoms with E-state index < -0.39 is 5.97 Å². The molecule has 86 valence electrons. The molecule has 0 saturated carbocycles. The molecule has 0 spiro atoms. The molecular weight excluding hydrogens is 208 g/mol.